The van der Waals surface area contributed by atoms with E-state index in [-0.39, 0.29) is 5.91 Å². The maximum atomic E-state index is 11.7. The molecule has 20 heavy (non-hydrogen) atoms. The zero-order valence-electron chi connectivity index (χ0n) is 11.3. The molecule has 0 saturated heterocycles. The minimum atomic E-state index is -0.0168. The van der Waals surface area contributed by atoms with E-state index in [2.05, 4.69) is 15.5 Å². The highest BCUT2D eigenvalue weighted by atomic mass is 16.5. The summed E-state index contributed by atoms with van der Waals surface area (Å²) in [7, 11) is 1.56. The van der Waals surface area contributed by atoms with Crippen LogP contribution in [0.1, 0.15) is 17.3 Å². The first-order valence-corrected chi connectivity index (χ1v) is 6.39. The molecule has 6 nitrogen and oxygen atoms in total. The molecule has 2 rings (SSSR count). The van der Waals surface area contributed by atoms with Gasteiger partial charge >= 0.3 is 0 Å². The van der Waals surface area contributed by atoms with Crippen LogP contribution in [0.15, 0.2) is 34.9 Å². The molecular formula is C14H17N3O3. The van der Waals surface area contributed by atoms with Crippen molar-refractivity contribution in [3.8, 4) is 0 Å². The van der Waals surface area contributed by atoms with E-state index in [1.807, 2.05) is 30.3 Å². The molecule has 0 saturated carbocycles. The highest BCUT2D eigenvalue weighted by Gasteiger charge is 2.07. The summed E-state index contributed by atoms with van der Waals surface area (Å²) in [5.74, 6) is 0.993. The summed E-state index contributed by atoms with van der Waals surface area (Å²) in [6.07, 6.45) is 0.912. The van der Waals surface area contributed by atoms with Crippen LogP contribution in [0, 0.1) is 0 Å². The first-order valence-electron chi connectivity index (χ1n) is 6.39. The lowest BCUT2D eigenvalue weighted by Crippen LogP contribution is -2.27. The molecule has 0 atom stereocenters. The van der Waals surface area contributed by atoms with Crippen LogP contribution >= 0.6 is 0 Å². The van der Waals surface area contributed by atoms with Crippen LogP contribution in [0.25, 0.3) is 0 Å². The molecule has 6 heteroatoms. The Morgan fingerprint density at radius 1 is 1.35 bits per heavy atom. The quantitative estimate of drug-likeness (QED) is 0.819. The van der Waals surface area contributed by atoms with E-state index in [1.54, 1.807) is 7.11 Å². The molecule has 1 N–H and O–H groups in total. The van der Waals surface area contributed by atoms with Gasteiger partial charge in [0.15, 0.2) is 5.82 Å². The number of hydrogen-bond donors (Lipinski definition) is 1. The van der Waals surface area contributed by atoms with Crippen molar-refractivity contribution >= 4 is 5.91 Å². The highest BCUT2D eigenvalue weighted by molar-refractivity contribution is 5.78. The average Bonchev–Trinajstić information content (AvgIpc) is 2.88. The molecule has 106 valence electrons. The molecule has 0 radical (unpaired) electrons. The van der Waals surface area contributed by atoms with E-state index in [0.717, 1.165) is 5.56 Å². The molecule has 0 aliphatic heterocycles. The second-order valence-electron chi connectivity index (χ2n) is 4.30. The Bertz CT molecular complexity index is 540. The third kappa shape index (κ3) is 4.47. The number of ether oxygens (including phenoxy) is 1. The Hall–Kier alpha value is -2.21. The lowest BCUT2D eigenvalue weighted by molar-refractivity contribution is -0.120. The number of rotatable bonds is 7. The molecule has 2 aromatic rings. The lowest BCUT2D eigenvalue weighted by atomic mass is 10.1. The first kappa shape index (κ1) is 14.2. The maximum Gasteiger partial charge on any atom is 0.252 e. The number of methoxy groups -OCH3 is 1. The minimum Gasteiger partial charge on any atom is -0.375 e. The van der Waals surface area contributed by atoms with Crippen LogP contribution < -0.4 is 5.32 Å². The van der Waals surface area contributed by atoms with E-state index >= 15 is 0 Å². The molecular weight excluding hydrogens is 258 g/mol. The number of amides is 1. The van der Waals surface area contributed by atoms with Crippen LogP contribution in [0.2, 0.25) is 0 Å². The summed E-state index contributed by atoms with van der Waals surface area (Å²) in [5, 5.41) is 6.63. The van der Waals surface area contributed by atoms with Crippen molar-refractivity contribution in [2.75, 3.05) is 13.7 Å². The fourth-order valence-corrected chi connectivity index (χ4v) is 1.73. The Labute approximate surface area is 117 Å². The second-order valence-corrected chi connectivity index (χ2v) is 4.30. The fourth-order valence-electron chi connectivity index (χ4n) is 1.73. The van der Waals surface area contributed by atoms with Gasteiger partial charge in [-0.25, -0.2) is 0 Å². The van der Waals surface area contributed by atoms with Crippen molar-refractivity contribution in [3.63, 3.8) is 0 Å². The Kier molecular flexibility index (Phi) is 5.25. The van der Waals surface area contributed by atoms with Gasteiger partial charge in [0.05, 0.1) is 6.42 Å². The van der Waals surface area contributed by atoms with Crippen molar-refractivity contribution in [1.82, 2.24) is 15.5 Å². The predicted octanol–water partition coefficient (Wildman–Crippen LogP) is 1.12. The molecule has 0 unspecified atom stereocenters. The lowest BCUT2D eigenvalue weighted by Gasteiger charge is -2.03. The third-order valence-corrected chi connectivity index (χ3v) is 2.66. The van der Waals surface area contributed by atoms with Gasteiger partial charge in [0.2, 0.25) is 5.91 Å². The Morgan fingerprint density at radius 3 is 2.90 bits per heavy atom. The fraction of sp³-hybridized carbons (Fsp3) is 0.357. The van der Waals surface area contributed by atoms with Crippen LogP contribution in [0.3, 0.4) is 0 Å². The number of hydrogen-bond acceptors (Lipinski definition) is 5. The molecule has 0 fully saturated rings. The zero-order valence-corrected chi connectivity index (χ0v) is 11.3. The van der Waals surface area contributed by atoms with Crippen LogP contribution in [-0.2, 0) is 29.0 Å². The van der Waals surface area contributed by atoms with Gasteiger partial charge in [0, 0.05) is 20.1 Å². The van der Waals surface area contributed by atoms with Gasteiger partial charge in [-0.1, -0.05) is 35.5 Å². The Balaban J connectivity index is 1.71. The second kappa shape index (κ2) is 7.40. The summed E-state index contributed by atoms with van der Waals surface area (Å²) in [5.41, 5.74) is 0.993. The van der Waals surface area contributed by atoms with Gasteiger partial charge in [-0.3, -0.25) is 4.79 Å². The monoisotopic (exact) mass is 275 g/mol. The summed E-state index contributed by atoms with van der Waals surface area (Å²) in [6.45, 7) is 0.783. The van der Waals surface area contributed by atoms with E-state index in [0.29, 0.717) is 37.7 Å². The normalized spacial score (nSPS) is 10.4. The molecule has 1 aromatic carbocycles. The minimum absolute atomic E-state index is 0.0168. The third-order valence-electron chi connectivity index (χ3n) is 2.66. The van der Waals surface area contributed by atoms with E-state index in [9.17, 15) is 4.79 Å². The van der Waals surface area contributed by atoms with E-state index in [4.69, 9.17) is 9.26 Å². The van der Waals surface area contributed by atoms with Crippen molar-refractivity contribution in [3.05, 3.63) is 47.6 Å². The maximum absolute atomic E-state index is 11.7. The molecule has 1 aromatic heterocycles. The number of aromatic nitrogens is 2. The molecule has 0 spiro atoms. The molecule has 1 heterocycles. The van der Waals surface area contributed by atoms with Crippen LogP contribution in [0.5, 0.6) is 0 Å². The van der Waals surface area contributed by atoms with Crippen LogP contribution in [0.4, 0.5) is 0 Å². The van der Waals surface area contributed by atoms with E-state index < -0.39 is 0 Å². The largest absolute Gasteiger partial charge is 0.375 e. The highest BCUT2D eigenvalue weighted by Crippen LogP contribution is 2.00. The number of carbonyl (C=O) groups is 1. The SMILES string of the molecule is COCc1nc(CCNC(=O)Cc2ccccc2)no1. The Morgan fingerprint density at radius 2 is 2.15 bits per heavy atom. The van der Waals surface area contributed by atoms with Crippen molar-refractivity contribution < 1.29 is 14.1 Å². The van der Waals surface area contributed by atoms with Gasteiger partial charge in [0.25, 0.3) is 5.89 Å². The van der Waals surface area contributed by atoms with Crippen LogP contribution in [-0.4, -0.2) is 29.7 Å². The molecule has 1 amide bonds. The summed E-state index contributed by atoms with van der Waals surface area (Å²) in [6, 6.07) is 9.61. The summed E-state index contributed by atoms with van der Waals surface area (Å²) < 4.78 is 9.84. The zero-order chi connectivity index (χ0) is 14.2. The summed E-state index contributed by atoms with van der Waals surface area (Å²) >= 11 is 0. The number of nitrogens with one attached hydrogen (secondary N) is 1. The standard InChI is InChI=1S/C14H17N3O3/c1-19-10-14-16-12(17-20-14)7-8-15-13(18)9-11-5-3-2-4-6-11/h2-6H,7-10H2,1H3,(H,15,18). The van der Waals surface area contributed by atoms with Gasteiger partial charge in [-0.05, 0) is 5.56 Å². The molecule has 0 aliphatic carbocycles. The van der Waals surface area contributed by atoms with Gasteiger partial charge in [0.1, 0.15) is 6.61 Å². The number of benzene rings is 1. The average molecular weight is 275 g/mol. The smallest absolute Gasteiger partial charge is 0.252 e. The molecule has 0 aliphatic rings. The summed E-state index contributed by atoms with van der Waals surface area (Å²) in [4.78, 5) is 15.8. The van der Waals surface area contributed by atoms with Crippen molar-refractivity contribution in [2.45, 2.75) is 19.4 Å². The van der Waals surface area contributed by atoms with Crippen molar-refractivity contribution in [2.24, 2.45) is 0 Å². The van der Waals surface area contributed by atoms with Gasteiger partial charge in [-0.2, -0.15) is 4.98 Å². The van der Waals surface area contributed by atoms with Crippen molar-refractivity contribution in [1.29, 1.82) is 0 Å². The first-order chi connectivity index (χ1) is 9.78. The molecule has 0 bridgehead atoms. The van der Waals surface area contributed by atoms with E-state index in [1.165, 1.54) is 0 Å². The predicted molar refractivity (Wildman–Crippen MR) is 71.9 cm³/mol. The number of carbonyl (C=O) groups excluding carboxylic acids is 1. The number of nitrogens with zero attached hydrogens (tertiary/aromatic N) is 2. The van der Waals surface area contributed by atoms with Gasteiger partial charge in [-0.15, -0.1) is 0 Å². The van der Waals surface area contributed by atoms with Gasteiger partial charge < -0.3 is 14.6 Å². The topological polar surface area (TPSA) is 77.2 Å².